The fourth-order valence-electron chi connectivity index (χ4n) is 2.91. The molecule has 0 bridgehead atoms. The van der Waals surface area contributed by atoms with E-state index in [1.54, 1.807) is 18.4 Å². The van der Waals surface area contributed by atoms with Gasteiger partial charge in [0.15, 0.2) is 0 Å². The molecule has 1 N–H and O–H groups in total. The third-order valence-electron chi connectivity index (χ3n) is 3.93. The molecule has 1 saturated heterocycles. The predicted octanol–water partition coefficient (Wildman–Crippen LogP) is 3.09. The monoisotopic (exact) mass is 325 g/mol. The van der Waals surface area contributed by atoms with Crippen LogP contribution in [-0.4, -0.2) is 36.1 Å². The molecule has 3 rings (SSSR count). The highest BCUT2D eigenvalue weighted by atomic mass is 35.5. The van der Waals surface area contributed by atoms with Crippen molar-refractivity contribution >= 4 is 12.4 Å². The van der Waals surface area contributed by atoms with E-state index in [-0.39, 0.29) is 18.2 Å². The molecule has 0 aliphatic carbocycles. The molecule has 1 aromatic carbocycles. The number of nitrogens with one attached hydrogen (secondary N) is 1. The molecule has 1 fully saturated rings. The van der Waals surface area contributed by atoms with Crippen molar-refractivity contribution in [3.05, 3.63) is 42.0 Å². The number of likely N-dealkylation sites (N-methyl/N-ethyl adjacent to an activating group) is 1. The van der Waals surface area contributed by atoms with E-state index in [0.29, 0.717) is 17.5 Å². The molecule has 2 aromatic rings. The second kappa shape index (κ2) is 7.72. The number of nitrogens with zero attached hydrogens (tertiary/aromatic N) is 2. The van der Waals surface area contributed by atoms with Crippen LogP contribution < -0.4 is 5.32 Å². The van der Waals surface area contributed by atoms with Crippen LogP contribution in [0.15, 0.2) is 34.9 Å². The normalized spacial score (nSPS) is 18.4. The van der Waals surface area contributed by atoms with Crippen molar-refractivity contribution in [3.8, 4) is 11.5 Å². The van der Waals surface area contributed by atoms with Crippen molar-refractivity contribution in [3.63, 3.8) is 0 Å². The van der Waals surface area contributed by atoms with Gasteiger partial charge in [0.05, 0.1) is 5.69 Å². The summed E-state index contributed by atoms with van der Waals surface area (Å²) in [4.78, 5) is 6.90. The number of likely N-dealkylation sites (tertiary alicyclic amines) is 1. The van der Waals surface area contributed by atoms with Gasteiger partial charge in [0.1, 0.15) is 12.1 Å². The van der Waals surface area contributed by atoms with Gasteiger partial charge in [0.2, 0.25) is 5.89 Å². The Morgan fingerprint density at radius 2 is 2.32 bits per heavy atom. The Balaban J connectivity index is 0.00000176. The summed E-state index contributed by atoms with van der Waals surface area (Å²) in [6.45, 7) is 2.87. The number of rotatable bonds is 5. The lowest BCUT2D eigenvalue weighted by atomic mass is 10.2. The number of oxazole rings is 1. The third-order valence-corrected chi connectivity index (χ3v) is 3.93. The highest BCUT2D eigenvalue weighted by Gasteiger charge is 2.24. The number of halogens is 2. The van der Waals surface area contributed by atoms with E-state index < -0.39 is 0 Å². The Morgan fingerprint density at radius 3 is 3.09 bits per heavy atom. The van der Waals surface area contributed by atoms with Gasteiger partial charge in [-0.15, -0.1) is 12.4 Å². The molecule has 120 valence electrons. The fourth-order valence-corrected chi connectivity index (χ4v) is 2.91. The van der Waals surface area contributed by atoms with E-state index in [1.165, 1.54) is 25.0 Å². The summed E-state index contributed by atoms with van der Waals surface area (Å²) in [7, 11) is 1.98. The van der Waals surface area contributed by atoms with Crippen LogP contribution in [0.5, 0.6) is 0 Å². The molecule has 4 nitrogen and oxygen atoms in total. The van der Waals surface area contributed by atoms with Gasteiger partial charge in [-0.25, -0.2) is 9.37 Å². The first-order valence-corrected chi connectivity index (χ1v) is 7.35. The van der Waals surface area contributed by atoms with Gasteiger partial charge in [0, 0.05) is 24.7 Å². The maximum atomic E-state index is 13.2. The van der Waals surface area contributed by atoms with Crippen LogP contribution in [0.1, 0.15) is 18.5 Å². The van der Waals surface area contributed by atoms with Crippen LogP contribution in [0.2, 0.25) is 0 Å². The Hall–Kier alpha value is -1.43. The molecule has 0 spiro atoms. The summed E-state index contributed by atoms with van der Waals surface area (Å²) in [6, 6.07) is 6.88. The number of hydrogen-bond acceptors (Lipinski definition) is 4. The number of hydrogen-bond donors (Lipinski definition) is 1. The maximum Gasteiger partial charge on any atom is 0.226 e. The van der Waals surface area contributed by atoms with E-state index in [4.69, 9.17) is 4.42 Å². The van der Waals surface area contributed by atoms with Crippen molar-refractivity contribution in [2.45, 2.75) is 25.4 Å². The molecular weight excluding hydrogens is 305 g/mol. The van der Waals surface area contributed by atoms with Crippen molar-refractivity contribution < 1.29 is 8.81 Å². The maximum absolute atomic E-state index is 13.2. The summed E-state index contributed by atoms with van der Waals surface area (Å²) in [5.41, 5.74) is 1.58. The quantitative estimate of drug-likeness (QED) is 0.917. The standard InChI is InChI=1S/C16H20FN3O.ClH/c1-18-9-15-6-3-7-20(15)10-14-11-21-16(19-14)12-4-2-5-13(17)8-12;/h2,4-5,8,11,15,18H,3,6-7,9-10H2,1H3;1H. The van der Waals surface area contributed by atoms with Crippen LogP contribution in [0, 0.1) is 5.82 Å². The fraction of sp³-hybridized carbons (Fsp3) is 0.438. The topological polar surface area (TPSA) is 41.3 Å². The van der Waals surface area contributed by atoms with Crippen LogP contribution in [0.4, 0.5) is 4.39 Å². The van der Waals surface area contributed by atoms with Gasteiger partial charge < -0.3 is 9.73 Å². The molecule has 1 aliphatic heterocycles. The summed E-state index contributed by atoms with van der Waals surface area (Å²) < 4.78 is 18.7. The highest BCUT2D eigenvalue weighted by molar-refractivity contribution is 5.85. The van der Waals surface area contributed by atoms with Crippen LogP contribution >= 0.6 is 12.4 Å². The minimum absolute atomic E-state index is 0. The first kappa shape index (κ1) is 16.9. The largest absolute Gasteiger partial charge is 0.444 e. The Labute approximate surface area is 136 Å². The van der Waals surface area contributed by atoms with Crippen LogP contribution in [0.3, 0.4) is 0 Å². The summed E-state index contributed by atoms with van der Waals surface area (Å²) in [6.07, 6.45) is 4.12. The van der Waals surface area contributed by atoms with Gasteiger partial charge in [-0.3, -0.25) is 4.90 Å². The molecule has 2 heterocycles. The molecule has 6 heteroatoms. The minimum Gasteiger partial charge on any atom is -0.444 e. The van der Waals surface area contributed by atoms with E-state index in [0.717, 1.165) is 25.3 Å². The van der Waals surface area contributed by atoms with Crippen molar-refractivity contribution in [2.24, 2.45) is 0 Å². The van der Waals surface area contributed by atoms with Gasteiger partial charge in [-0.1, -0.05) is 6.07 Å². The molecule has 1 aromatic heterocycles. The summed E-state index contributed by atoms with van der Waals surface area (Å²) in [5, 5.41) is 3.24. The minimum atomic E-state index is -0.277. The second-order valence-corrected chi connectivity index (χ2v) is 5.48. The first-order valence-electron chi connectivity index (χ1n) is 7.35. The Morgan fingerprint density at radius 1 is 1.45 bits per heavy atom. The SMILES string of the molecule is CNCC1CCCN1Cc1coc(-c2cccc(F)c2)n1.Cl. The predicted molar refractivity (Wildman–Crippen MR) is 86.5 cm³/mol. The number of aromatic nitrogens is 1. The highest BCUT2D eigenvalue weighted by Crippen LogP contribution is 2.23. The van der Waals surface area contributed by atoms with Crippen molar-refractivity contribution in [1.29, 1.82) is 0 Å². The van der Waals surface area contributed by atoms with E-state index in [2.05, 4.69) is 15.2 Å². The van der Waals surface area contributed by atoms with Crippen LogP contribution in [0.25, 0.3) is 11.5 Å². The molecule has 1 unspecified atom stereocenters. The van der Waals surface area contributed by atoms with Gasteiger partial charge in [-0.2, -0.15) is 0 Å². The average molecular weight is 326 g/mol. The van der Waals surface area contributed by atoms with Gasteiger partial charge in [0.25, 0.3) is 0 Å². The molecule has 1 atom stereocenters. The van der Waals surface area contributed by atoms with E-state index in [9.17, 15) is 4.39 Å². The third kappa shape index (κ3) is 3.85. The lowest BCUT2D eigenvalue weighted by molar-refractivity contribution is 0.239. The summed E-state index contributed by atoms with van der Waals surface area (Å²) >= 11 is 0. The van der Waals surface area contributed by atoms with Crippen LogP contribution in [-0.2, 0) is 6.54 Å². The smallest absolute Gasteiger partial charge is 0.226 e. The molecule has 0 amide bonds. The second-order valence-electron chi connectivity index (χ2n) is 5.48. The van der Waals surface area contributed by atoms with Crippen molar-refractivity contribution in [2.75, 3.05) is 20.1 Å². The molecule has 1 aliphatic rings. The lowest BCUT2D eigenvalue weighted by Gasteiger charge is -2.22. The first-order chi connectivity index (χ1) is 10.3. The summed E-state index contributed by atoms with van der Waals surface area (Å²) in [5.74, 6) is 0.203. The zero-order valence-electron chi connectivity index (χ0n) is 12.6. The molecule has 0 saturated carbocycles. The molecule has 22 heavy (non-hydrogen) atoms. The number of benzene rings is 1. The Kier molecular flexibility index (Phi) is 5.94. The van der Waals surface area contributed by atoms with Crippen molar-refractivity contribution in [1.82, 2.24) is 15.2 Å². The Bertz CT molecular complexity index is 605. The molecular formula is C16H21ClFN3O. The van der Waals surface area contributed by atoms with E-state index in [1.807, 2.05) is 7.05 Å². The average Bonchev–Trinajstić information content (AvgIpc) is 3.10. The zero-order valence-corrected chi connectivity index (χ0v) is 13.4. The van der Waals surface area contributed by atoms with Gasteiger partial charge in [-0.05, 0) is 44.6 Å². The lowest BCUT2D eigenvalue weighted by Crippen LogP contribution is -2.36. The van der Waals surface area contributed by atoms with Gasteiger partial charge >= 0.3 is 0 Å². The van der Waals surface area contributed by atoms with E-state index >= 15 is 0 Å². The molecule has 0 radical (unpaired) electrons. The zero-order chi connectivity index (χ0) is 14.7.